The Morgan fingerprint density at radius 3 is 2.62 bits per heavy atom. The average Bonchev–Trinajstić information content (AvgIpc) is 3.05. The predicted molar refractivity (Wildman–Crippen MR) is 97.2 cm³/mol. The third-order valence-corrected chi connectivity index (χ3v) is 4.20. The molecule has 0 atom stereocenters. The van der Waals surface area contributed by atoms with Gasteiger partial charge in [0.2, 0.25) is 0 Å². The van der Waals surface area contributed by atoms with E-state index in [9.17, 15) is 28.1 Å². The Kier molecular flexibility index (Phi) is 5.14. The minimum absolute atomic E-state index is 0.00636. The highest BCUT2D eigenvalue weighted by molar-refractivity contribution is 6.04. The van der Waals surface area contributed by atoms with E-state index in [1.165, 1.54) is 25.3 Å². The van der Waals surface area contributed by atoms with Crippen molar-refractivity contribution in [2.45, 2.75) is 19.5 Å². The van der Waals surface area contributed by atoms with Crippen molar-refractivity contribution in [3.05, 3.63) is 63.6 Å². The third-order valence-electron chi connectivity index (χ3n) is 4.20. The van der Waals surface area contributed by atoms with Crippen LogP contribution >= 0.6 is 0 Å². The fourth-order valence-corrected chi connectivity index (χ4v) is 2.85. The second kappa shape index (κ2) is 7.41. The molecular formula is C18H15F3N4O4. The minimum atomic E-state index is -4.59. The van der Waals surface area contributed by atoms with Crippen molar-refractivity contribution in [1.82, 2.24) is 9.38 Å². The highest BCUT2D eigenvalue weighted by Crippen LogP contribution is 2.31. The van der Waals surface area contributed by atoms with Gasteiger partial charge in [0, 0.05) is 18.0 Å². The second-order valence-corrected chi connectivity index (χ2v) is 6.00. The Balaban J connectivity index is 2.05. The molecule has 0 aliphatic heterocycles. The second-order valence-electron chi connectivity index (χ2n) is 6.00. The Hall–Kier alpha value is -3.63. The molecule has 0 bridgehead atoms. The first-order chi connectivity index (χ1) is 13.7. The maximum Gasteiger partial charge on any atom is 0.417 e. The van der Waals surface area contributed by atoms with E-state index in [2.05, 4.69) is 10.3 Å². The molecule has 3 rings (SSSR count). The number of alkyl halides is 3. The van der Waals surface area contributed by atoms with Gasteiger partial charge in [0.1, 0.15) is 11.3 Å². The Labute approximate surface area is 162 Å². The van der Waals surface area contributed by atoms with Crippen molar-refractivity contribution in [2.75, 3.05) is 12.4 Å². The lowest BCUT2D eigenvalue weighted by atomic mass is 10.2. The molecule has 0 unspecified atom stereocenters. The fourth-order valence-electron chi connectivity index (χ4n) is 2.85. The highest BCUT2D eigenvalue weighted by Gasteiger charge is 2.32. The van der Waals surface area contributed by atoms with Gasteiger partial charge in [-0.3, -0.25) is 19.3 Å². The van der Waals surface area contributed by atoms with E-state index in [1.807, 2.05) is 0 Å². The molecule has 0 aliphatic carbocycles. The van der Waals surface area contributed by atoms with Crippen molar-refractivity contribution in [2.24, 2.45) is 0 Å². The van der Waals surface area contributed by atoms with Crippen LogP contribution in [0.1, 0.15) is 28.7 Å². The van der Waals surface area contributed by atoms with E-state index in [4.69, 9.17) is 4.74 Å². The Morgan fingerprint density at radius 2 is 2.03 bits per heavy atom. The molecule has 0 saturated heterocycles. The summed E-state index contributed by atoms with van der Waals surface area (Å²) in [4.78, 5) is 27.5. The number of aryl methyl sites for hydroxylation is 1. The Bertz CT molecular complexity index is 1110. The van der Waals surface area contributed by atoms with Gasteiger partial charge in [0.15, 0.2) is 5.75 Å². The number of nitro groups is 1. The number of nitrogens with zero attached hydrogens (tertiary/aromatic N) is 3. The van der Waals surface area contributed by atoms with Crippen LogP contribution in [0, 0.1) is 10.1 Å². The van der Waals surface area contributed by atoms with E-state index in [0.29, 0.717) is 12.1 Å². The predicted octanol–water partition coefficient (Wildman–Crippen LogP) is 4.08. The normalized spacial score (nSPS) is 11.5. The number of fused-ring (bicyclic) bond motifs is 1. The van der Waals surface area contributed by atoms with Gasteiger partial charge in [0.05, 0.1) is 23.3 Å². The van der Waals surface area contributed by atoms with Crippen molar-refractivity contribution >= 4 is 22.9 Å². The first-order valence-electron chi connectivity index (χ1n) is 8.37. The SMILES string of the molecule is CCc1nc2ccc(C(F)(F)F)cn2c1C(=O)Nc1ccc(OC)c([N+](=O)[O-])c1. The van der Waals surface area contributed by atoms with Gasteiger partial charge in [-0.05, 0) is 30.7 Å². The number of nitrogens with one attached hydrogen (secondary N) is 1. The first-order valence-corrected chi connectivity index (χ1v) is 8.37. The zero-order chi connectivity index (χ0) is 21.3. The molecule has 0 aliphatic rings. The summed E-state index contributed by atoms with van der Waals surface area (Å²) in [5, 5.41) is 13.6. The Morgan fingerprint density at radius 1 is 1.31 bits per heavy atom. The number of amides is 1. The number of hydrogen-bond acceptors (Lipinski definition) is 5. The number of benzene rings is 1. The van der Waals surface area contributed by atoms with Gasteiger partial charge in [-0.2, -0.15) is 13.2 Å². The molecule has 2 aromatic heterocycles. The molecule has 8 nitrogen and oxygen atoms in total. The smallest absolute Gasteiger partial charge is 0.417 e. The molecule has 0 radical (unpaired) electrons. The number of halogens is 3. The molecule has 11 heteroatoms. The number of methoxy groups -OCH3 is 1. The van der Waals surface area contributed by atoms with E-state index in [1.54, 1.807) is 6.92 Å². The number of aromatic nitrogens is 2. The number of ether oxygens (including phenoxy) is 1. The number of carbonyl (C=O) groups excluding carboxylic acids is 1. The van der Waals surface area contributed by atoms with Crippen molar-refractivity contribution in [1.29, 1.82) is 0 Å². The molecule has 1 amide bonds. The van der Waals surface area contributed by atoms with Crippen molar-refractivity contribution < 1.29 is 27.6 Å². The van der Waals surface area contributed by atoms with Crippen LogP contribution in [0.3, 0.4) is 0 Å². The van der Waals surface area contributed by atoms with Crippen LogP contribution in [0.2, 0.25) is 0 Å². The zero-order valence-corrected chi connectivity index (χ0v) is 15.3. The van der Waals surface area contributed by atoms with E-state index in [-0.39, 0.29) is 28.5 Å². The summed E-state index contributed by atoms with van der Waals surface area (Å²) in [7, 11) is 1.27. The summed E-state index contributed by atoms with van der Waals surface area (Å²) in [6, 6.07) is 5.87. The lowest BCUT2D eigenvalue weighted by molar-refractivity contribution is -0.385. The number of anilines is 1. The molecule has 0 fully saturated rings. The van der Waals surface area contributed by atoms with Crippen LogP contribution in [-0.4, -0.2) is 27.3 Å². The van der Waals surface area contributed by atoms with Crippen LogP contribution in [0.25, 0.3) is 5.65 Å². The van der Waals surface area contributed by atoms with E-state index >= 15 is 0 Å². The summed E-state index contributed by atoms with van der Waals surface area (Å²) >= 11 is 0. The number of nitro benzene ring substituents is 1. The monoisotopic (exact) mass is 408 g/mol. The van der Waals surface area contributed by atoms with Gasteiger partial charge in [0.25, 0.3) is 5.91 Å². The van der Waals surface area contributed by atoms with Gasteiger partial charge in [-0.15, -0.1) is 0 Å². The largest absolute Gasteiger partial charge is 0.490 e. The van der Waals surface area contributed by atoms with Crippen LogP contribution < -0.4 is 10.1 Å². The number of carbonyl (C=O) groups is 1. The summed E-state index contributed by atoms with van der Waals surface area (Å²) in [5.41, 5.74) is -0.804. The fraction of sp³-hybridized carbons (Fsp3) is 0.222. The number of pyridine rings is 1. The number of imidazole rings is 1. The highest BCUT2D eigenvalue weighted by atomic mass is 19.4. The van der Waals surface area contributed by atoms with Gasteiger partial charge in [-0.1, -0.05) is 6.92 Å². The van der Waals surface area contributed by atoms with Crippen LogP contribution in [-0.2, 0) is 12.6 Å². The molecule has 3 aromatic rings. The number of rotatable bonds is 5. The van der Waals surface area contributed by atoms with Crippen molar-refractivity contribution in [3.8, 4) is 5.75 Å². The van der Waals surface area contributed by atoms with E-state index in [0.717, 1.165) is 22.7 Å². The molecule has 1 aromatic carbocycles. The molecule has 0 saturated carbocycles. The zero-order valence-electron chi connectivity index (χ0n) is 15.3. The van der Waals surface area contributed by atoms with Crippen molar-refractivity contribution in [3.63, 3.8) is 0 Å². The van der Waals surface area contributed by atoms with Gasteiger partial charge < -0.3 is 10.1 Å². The average molecular weight is 408 g/mol. The summed E-state index contributed by atoms with van der Waals surface area (Å²) < 4.78 is 45.2. The maximum atomic E-state index is 13.1. The molecule has 0 spiro atoms. The first kappa shape index (κ1) is 20.1. The number of hydrogen-bond donors (Lipinski definition) is 1. The lowest BCUT2D eigenvalue weighted by Crippen LogP contribution is -2.17. The van der Waals surface area contributed by atoms with Crippen LogP contribution in [0.4, 0.5) is 24.5 Å². The topological polar surface area (TPSA) is 98.8 Å². The van der Waals surface area contributed by atoms with Crippen LogP contribution in [0.15, 0.2) is 36.5 Å². The minimum Gasteiger partial charge on any atom is -0.490 e. The maximum absolute atomic E-state index is 13.1. The van der Waals surface area contributed by atoms with Gasteiger partial charge in [-0.25, -0.2) is 4.98 Å². The molecule has 1 N–H and O–H groups in total. The lowest BCUT2D eigenvalue weighted by Gasteiger charge is -2.10. The molecule has 2 heterocycles. The summed E-state index contributed by atoms with van der Waals surface area (Å²) in [5.74, 6) is -0.736. The third kappa shape index (κ3) is 3.84. The molecular weight excluding hydrogens is 393 g/mol. The van der Waals surface area contributed by atoms with Crippen LogP contribution in [0.5, 0.6) is 5.75 Å². The van der Waals surface area contributed by atoms with Gasteiger partial charge >= 0.3 is 11.9 Å². The van der Waals surface area contributed by atoms with E-state index < -0.39 is 22.6 Å². The molecule has 29 heavy (non-hydrogen) atoms. The quantitative estimate of drug-likeness (QED) is 0.507. The standard InChI is InChI=1S/C18H15F3N4O4/c1-3-12-16(24-9-10(18(19,20)21)4-7-15(24)23-12)17(26)22-11-5-6-14(29-2)13(8-11)25(27)28/h4-9H,3H2,1-2H3,(H,22,26). The summed E-state index contributed by atoms with van der Waals surface area (Å²) in [6.45, 7) is 1.71. The summed E-state index contributed by atoms with van der Waals surface area (Å²) in [6.07, 6.45) is -3.49. The molecule has 152 valence electrons.